The first-order valence-corrected chi connectivity index (χ1v) is 9.40. The highest BCUT2D eigenvalue weighted by Gasteiger charge is 2.16. The number of carbonyl (C=O) groups excluding carboxylic acids is 1. The van der Waals surface area contributed by atoms with Gasteiger partial charge in [0.25, 0.3) is 5.91 Å². The molecule has 1 N–H and O–H groups in total. The Labute approximate surface area is 170 Å². The molecule has 0 aliphatic rings. The number of aryl methyl sites for hydroxylation is 3. The minimum absolute atomic E-state index is 0.163. The van der Waals surface area contributed by atoms with E-state index in [1.165, 1.54) is 0 Å². The summed E-state index contributed by atoms with van der Waals surface area (Å²) in [6.45, 7) is 6.31. The van der Waals surface area contributed by atoms with Gasteiger partial charge in [0.05, 0.1) is 10.7 Å². The van der Waals surface area contributed by atoms with E-state index in [2.05, 4.69) is 15.3 Å². The Kier molecular flexibility index (Phi) is 5.95. The van der Waals surface area contributed by atoms with E-state index >= 15 is 0 Å². The Morgan fingerprint density at radius 1 is 1.07 bits per heavy atom. The van der Waals surface area contributed by atoms with Crippen molar-refractivity contribution in [3.05, 3.63) is 81.6 Å². The van der Waals surface area contributed by atoms with Crippen molar-refractivity contribution in [2.75, 3.05) is 12.4 Å². The monoisotopic (exact) mass is 394 g/mol. The summed E-state index contributed by atoms with van der Waals surface area (Å²) < 4.78 is 0. The Morgan fingerprint density at radius 3 is 2.46 bits per heavy atom. The van der Waals surface area contributed by atoms with Crippen molar-refractivity contribution in [2.45, 2.75) is 27.3 Å². The zero-order chi connectivity index (χ0) is 20.3. The molecule has 0 aliphatic heterocycles. The Hall–Kier alpha value is -2.92. The zero-order valence-corrected chi connectivity index (χ0v) is 17.2. The van der Waals surface area contributed by atoms with E-state index in [4.69, 9.17) is 11.6 Å². The predicted molar refractivity (Wildman–Crippen MR) is 113 cm³/mol. The number of nitrogens with one attached hydrogen (secondary N) is 1. The van der Waals surface area contributed by atoms with Crippen LogP contribution in [0.3, 0.4) is 0 Å². The number of benzene rings is 2. The van der Waals surface area contributed by atoms with Crippen LogP contribution in [0.15, 0.2) is 48.5 Å². The highest BCUT2D eigenvalue weighted by atomic mass is 35.5. The molecule has 3 rings (SSSR count). The molecule has 0 fully saturated rings. The van der Waals surface area contributed by atoms with E-state index in [9.17, 15) is 4.79 Å². The number of hydrogen-bond acceptors (Lipinski definition) is 4. The number of amides is 1. The molecular weight excluding hydrogens is 372 g/mol. The molecular formula is C22H23ClN4O. The molecule has 1 heterocycles. The van der Waals surface area contributed by atoms with E-state index in [0.717, 1.165) is 22.4 Å². The molecule has 0 saturated heterocycles. The number of aromatic nitrogens is 2. The highest BCUT2D eigenvalue weighted by molar-refractivity contribution is 6.33. The molecule has 1 aromatic heterocycles. The molecule has 2 aromatic carbocycles. The maximum Gasteiger partial charge on any atom is 0.272 e. The third-order valence-electron chi connectivity index (χ3n) is 4.35. The van der Waals surface area contributed by atoms with Gasteiger partial charge in [-0.1, -0.05) is 48.0 Å². The van der Waals surface area contributed by atoms with Gasteiger partial charge in [0.15, 0.2) is 0 Å². The fourth-order valence-corrected chi connectivity index (χ4v) is 3.41. The molecule has 3 aromatic rings. The predicted octanol–water partition coefficient (Wildman–Crippen LogP) is 5.07. The van der Waals surface area contributed by atoms with Gasteiger partial charge in [0, 0.05) is 19.3 Å². The maximum absolute atomic E-state index is 12.9. The van der Waals surface area contributed by atoms with Gasteiger partial charge in [0.1, 0.15) is 5.69 Å². The van der Waals surface area contributed by atoms with Gasteiger partial charge in [-0.3, -0.25) is 4.79 Å². The molecule has 5 nitrogen and oxygen atoms in total. The first kappa shape index (κ1) is 19.8. The molecule has 0 bridgehead atoms. The summed E-state index contributed by atoms with van der Waals surface area (Å²) in [5, 5.41) is 3.76. The van der Waals surface area contributed by atoms with Gasteiger partial charge in [-0.05, 0) is 49.6 Å². The summed E-state index contributed by atoms with van der Waals surface area (Å²) in [5.41, 5.74) is 4.92. The second-order valence-corrected chi connectivity index (χ2v) is 7.34. The summed E-state index contributed by atoms with van der Waals surface area (Å²) in [6, 6.07) is 15.5. The number of halogens is 1. The first-order valence-electron chi connectivity index (χ1n) is 9.02. The van der Waals surface area contributed by atoms with Crippen molar-refractivity contribution >= 4 is 29.1 Å². The van der Waals surface area contributed by atoms with Crippen LogP contribution in [-0.2, 0) is 6.54 Å². The zero-order valence-electron chi connectivity index (χ0n) is 16.5. The highest BCUT2D eigenvalue weighted by Crippen LogP contribution is 2.29. The number of nitrogens with zero attached hydrogens (tertiary/aromatic N) is 3. The van der Waals surface area contributed by atoms with E-state index in [0.29, 0.717) is 28.9 Å². The van der Waals surface area contributed by atoms with Crippen molar-refractivity contribution in [3.63, 3.8) is 0 Å². The molecule has 0 atom stereocenters. The summed E-state index contributed by atoms with van der Waals surface area (Å²) in [5.74, 6) is 0.189. The lowest BCUT2D eigenvalue weighted by atomic mass is 10.1. The van der Waals surface area contributed by atoms with Crippen LogP contribution in [-0.4, -0.2) is 27.8 Å². The molecule has 0 saturated carbocycles. The second-order valence-electron chi connectivity index (χ2n) is 6.93. The Bertz CT molecular complexity index is 982. The molecule has 0 spiro atoms. The average molecular weight is 395 g/mol. The molecule has 6 heteroatoms. The van der Waals surface area contributed by atoms with Crippen LogP contribution >= 0.6 is 11.6 Å². The largest absolute Gasteiger partial charge is 0.336 e. The Morgan fingerprint density at radius 2 is 1.79 bits per heavy atom. The fourth-order valence-electron chi connectivity index (χ4n) is 3.04. The third kappa shape index (κ3) is 4.67. The lowest BCUT2D eigenvalue weighted by Crippen LogP contribution is -2.27. The van der Waals surface area contributed by atoms with Gasteiger partial charge >= 0.3 is 0 Å². The lowest BCUT2D eigenvalue weighted by Gasteiger charge is -2.18. The van der Waals surface area contributed by atoms with E-state index in [1.807, 2.05) is 63.2 Å². The smallest absolute Gasteiger partial charge is 0.272 e. The summed E-state index contributed by atoms with van der Waals surface area (Å²) >= 11 is 6.37. The standard InChI is InChI=1S/C22H23ClN4O/c1-14-10-15(2)20(18(23)11-14)26-22-24-16(3)12-19(25-22)21(28)27(4)13-17-8-6-5-7-9-17/h5-12H,13H2,1-4H3,(H,24,25,26). The fraction of sp³-hybridized carbons (Fsp3) is 0.227. The molecule has 28 heavy (non-hydrogen) atoms. The van der Waals surface area contributed by atoms with Crippen molar-refractivity contribution < 1.29 is 4.79 Å². The minimum Gasteiger partial charge on any atom is -0.336 e. The van der Waals surface area contributed by atoms with E-state index < -0.39 is 0 Å². The number of anilines is 2. The maximum atomic E-state index is 12.9. The van der Waals surface area contributed by atoms with Crippen LogP contribution in [0, 0.1) is 20.8 Å². The quantitative estimate of drug-likeness (QED) is 0.656. The number of rotatable bonds is 5. The average Bonchev–Trinajstić information content (AvgIpc) is 2.64. The van der Waals surface area contributed by atoms with Crippen LogP contribution < -0.4 is 5.32 Å². The SMILES string of the molecule is Cc1cc(C)c(Nc2nc(C)cc(C(=O)N(C)Cc3ccccc3)n2)c(Cl)c1. The number of hydrogen-bond donors (Lipinski definition) is 1. The topological polar surface area (TPSA) is 58.1 Å². The Balaban J connectivity index is 1.84. The van der Waals surface area contributed by atoms with Crippen LogP contribution in [0.25, 0.3) is 0 Å². The van der Waals surface area contributed by atoms with Crippen LogP contribution in [0.4, 0.5) is 11.6 Å². The van der Waals surface area contributed by atoms with Gasteiger partial charge in [-0.25, -0.2) is 9.97 Å². The van der Waals surface area contributed by atoms with Crippen molar-refractivity contribution in [2.24, 2.45) is 0 Å². The lowest BCUT2D eigenvalue weighted by molar-refractivity contribution is 0.0779. The van der Waals surface area contributed by atoms with Crippen LogP contribution in [0.1, 0.15) is 32.9 Å². The molecule has 1 amide bonds. The van der Waals surface area contributed by atoms with E-state index in [-0.39, 0.29) is 5.91 Å². The van der Waals surface area contributed by atoms with Gasteiger partial charge in [0.2, 0.25) is 5.95 Å². The van der Waals surface area contributed by atoms with Crippen molar-refractivity contribution in [1.82, 2.24) is 14.9 Å². The molecule has 0 unspecified atom stereocenters. The summed E-state index contributed by atoms with van der Waals surface area (Å²) in [4.78, 5) is 23.3. The summed E-state index contributed by atoms with van der Waals surface area (Å²) in [7, 11) is 1.76. The van der Waals surface area contributed by atoms with Crippen LogP contribution in [0.2, 0.25) is 5.02 Å². The normalized spacial score (nSPS) is 10.6. The van der Waals surface area contributed by atoms with E-state index in [1.54, 1.807) is 18.0 Å². The molecule has 0 radical (unpaired) electrons. The third-order valence-corrected chi connectivity index (χ3v) is 4.65. The second kappa shape index (κ2) is 8.40. The van der Waals surface area contributed by atoms with Gasteiger partial charge in [-0.2, -0.15) is 0 Å². The summed E-state index contributed by atoms with van der Waals surface area (Å²) in [6.07, 6.45) is 0. The minimum atomic E-state index is -0.163. The number of carbonyl (C=O) groups is 1. The first-order chi connectivity index (χ1) is 13.3. The molecule has 0 aliphatic carbocycles. The molecule has 144 valence electrons. The van der Waals surface area contributed by atoms with Crippen molar-refractivity contribution in [1.29, 1.82) is 0 Å². The van der Waals surface area contributed by atoms with Gasteiger partial charge in [-0.15, -0.1) is 0 Å². The van der Waals surface area contributed by atoms with Crippen LogP contribution in [0.5, 0.6) is 0 Å². The van der Waals surface area contributed by atoms with Crippen molar-refractivity contribution in [3.8, 4) is 0 Å². The van der Waals surface area contributed by atoms with Gasteiger partial charge < -0.3 is 10.2 Å².